The minimum atomic E-state index is 0.0229. The van der Waals surface area contributed by atoms with E-state index in [1.54, 1.807) is 0 Å². The summed E-state index contributed by atoms with van der Waals surface area (Å²) in [5.41, 5.74) is 22.0. The zero-order chi connectivity index (χ0) is 103. The molecular formula is C124H142N12O8. The highest BCUT2D eigenvalue weighted by Crippen LogP contribution is 2.54. The van der Waals surface area contributed by atoms with Gasteiger partial charge in [0.15, 0.2) is 0 Å². The molecule has 0 saturated heterocycles. The SMILES string of the molecule is CC(C)c1cccc(C(C)C)c1Oc1nc2c(nc1Oc1c(C(C)C)cccc1C(C)C)-c1cc3[nH]c(cc4nc(cc5[nH]c(cc-2n1)c1nc(Oc2c(C(C)C)cccc2C(C)C)c(Oc2c(C(C)C)cccc2C(C)C)nc51)-c1nc(Oc2c(C(C)C)cccc2C(C)C)c(Oc2c(C(C)C)cccc2C(C)C)nc1-4)c1nc(Oc2c(C(C)C)cccc2C(C)C)c(Oc2c(C(C)C)cccc2C(C)C)nc31. The molecule has 0 saturated carbocycles. The van der Waals surface area contributed by atoms with Gasteiger partial charge >= 0.3 is 0 Å². The van der Waals surface area contributed by atoms with Crippen LogP contribution in [0.2, 0.25) is 0 Å². The smallest absolute Gasteiger partial charge is 0.284 e. The van der Waals surface area contributed by atoms with Gasteiger partial charge in [-0.3, -0.25) is 0 Å². The van der Waals surface area contributed by atoms with Gasteiger partial charge in [-0.1, -0.05) is 367 Å². The van der Waals surface area contributed by atoms with E-state index < -0.39 is 0 Å². The lowest BCUT2D eigenvalue weighted by Gasteiger charge is -2.22. The van der Waals surface area contributed by atoms with Crippen molar-refractivity contribution in [2.45, 2.75) is 316 Å². The Bertz CT molecular complexity index is 6510. The van der Waals surface area contributed by atoms with E-state index in [0.717, 1.165) is 89.0 Å². The zero-order valence-corrected chi connectivity index (χ0v) is 90.1. The van der Waals surface area contributed by atoms with E-state index in [1.807, 2.05) is 24.3 Å². The van der Waals surface area contributed by atoms with Gasteiger partial charge in [0.1, 0.15) is 90.8 Å². The van der Waals surface area contributed by atoms with Gasteiger partial charge in [0.05, 0.1) is 44.8 Å². The van der Waals surface area contributed by atoms with Crippen LogP contribution in [0.15, 0.2) is 170 Å². The number of H-pyrrole nitrogens is 2. The summed E-state index contributed by atoms with van der Waals surface area (Å²) in [7, 11) is 0. The Kier molecular flexibility index (Phi) is 29.2. The Balaban J connectivity index is 1.09. The summed E-state index contributed by atoms with van der Waals surface area (Å²) >= 11 is 0. The Morgan fingerprint density at radius 1 is 0.153 bits per heavy atom. The van der Waals surface area contributed by atoms with Crippen molar-refractivity contribution in [2.24, 2.45) is 0 Å². The van der Waals surface area contributed by atoms with Gasteiger partial charge in [0.25, 0.3) is 47.0 Å². The quantitative estimate of drug-likeness (QED) is 0.0399. The van der Waals surface area contributed by atoms with Gasteiger partial charge < -0.3 is 47.9 Å². The average Bonchev–Trinajstić information content (AvgIpc) is 1.59. The lowest BCUT2D eigenvalue weighted by atomic mass is 9.94. The summed E-state index contributed by atoms with van der Waals surface area (Å²) in [4.78, 5) is 66.4. The van der Waals surface area contributed by atoms with Crippen LogP contribution in [0.5, 0.6) is 93.0 Å². The third-order valence-electron chi connectivity index (χ3n) is 27.6. The van der Waals surface area contributed by atoms with E-state index in [2.05, 4.69) is 377 Å². The molecule has 0 spiro atoms. The largest absolute Gasteiger partial charge is 0.434 e. The number of rotatable bonds is 32. The molecule has 0 amide bonds. The van der Waals surface area contributed by atoms with Crippen molar-refractivity contribution in [2.75, 3.05) is 0 Å². The molecule has 8 aromatic carbocycles. The van der Waals surface area contributed by atoms with E-state index in [0.29, 0.717) is 136 Å². The number of para-hydroxylation sites is 8. The molecule has 144 heavy (non-hydrogen) atoms. The lowest BCUT2D eigenvalue weighted by Crippen LogP contribution is -2.06. The molecule has 2 N–H and O–H groups in total. The second kappa shape index (κ2) is 41.5. The lowest BCUT2D eigenvalue weighted by molar-refractivity contribution is 0.380. The predicted octanol–water partition coefficient (Wildman–Crippen LogP) is 36.8. The highest BCUT2D eigenvalue weighted by molar-refractivity contribution is 6.06. The average molecular weight is 1930 g/mol. The maximum atomic E-state index is 7.62. The number of nitrogens with zero attached hydrogens (tertiary/aromatic N) is 10. The molecule has 9 heterocycles. The van der Waals surface area contributed by atoms with Gasteiger partial charge in [0, 0.05) is 0 Å². The number of nitrogens with one attached hydrogen (secondary N) is 2. The zero-order valence-electron chi connectivity index (χ0n) is 90.1. The number of aromatic amines is 2. The second-order valence-electron chi connectivity index (χ2n) is 43.8. The molecule has 0 aliphatic carbocycles. The van der Waals surface area contributed by atoms with Crippen molar-refractivity contribution in [1.82, 2.24) is 59.8 Å². The number of fused-ring (bicyclic) bond motifs is 20. The van der Waals surface area contributed by atoms with E-state index in [1.165, 1.54) is 0 Å². The van der Waals surface area contributed by atoms with Crippen molar-refractivity contribution >= 4 is 44.1 Å². The van der Waals surface area contributed by atoms with Gasteiger partial charge in [-0.2, -0.15) is 0 Å². The first-order valence-electron chi connectivity index (χ1n) is 52.1. The Morgan fingerprint density at radius 3 is 0.375 bits per heavy atom. The van der Waals surface area contributed by atoms with E-state index >= 15 is 0 Å². The molecule has 17 rings (SSSR count). The second-order valence-corrected chi connectivity index (χ2v) is 43.8. The van der Waals surface area contributed by atoms with Crippen molar-refractivity contribution in [3.63, 3.8) is 0 Å². The summed E-state index contributed by atoms with van der Waals surface area (Å²) in [6, 6.07) is 58.7. The van der Waals surface area contributed by atoms with Crippen LogP contribution in [-0.4, -0.2) is 59.8 Å². The molecule has 8 bridgehead atoms. The molecule has 0 radical (unpaired) electrons. The molecule has 2 aliphatic heterocycles. The van der Waals surface area contributed by atoms with Crippen molar-refractivity contribution in [1.29, 1.82) is 0 Å². The molecule has 20 nitrogen and oxygen atoms in total. The van der Waals surface area contributed by atoms with Gasteiger partial charge in [-0.05, 0) is 208 Å². The maximum Gasteiger partial charge on any atom is 0.284 e. The third-order valence-corrected chi connectivity index (χ3v) is 27.6. The van der Waals surface area contributed by atoms with Crippen LogP contribution in [0.1, 0.15) is 405 Å². The highest BCUT2D eigenvalue weighted by Gasteiger charge is 2.37. The molecule has 746 valence electrons. The number of benzene rings is 8. The highest BCUT2D eigenvalue weighted by atomic mass is 16.6. The molecule has 15 aromatic rings. The number of hydrogen-bond donors (Lipinski definition) is 2. The molecule has 7 aromatic heterocycles. The standard InChI is InChI=1S/C124H142N12O8/c1-61(2)77-41-33-42-78(62(3)4)109(77)137-117-118(138-110-79(63(5)6)43-34-44-80(110)64(7)8)130-102-94-58-96-104-106(134-122(142-114-87(71(21)22)51-38-52-88(114)72(23)24)121(132-104)141-113-85(69(17)18)49-37-50-86(113)70(19)20)98(127-96)60-100-108-107(135-123(143-115-89(73(25)26)53-39-54-90(115)74(27)28)124(136-108)144-116-91(75(29)30)55-40-56-92(116)76(31)32)99(128-100)59-97-105-103(95(126-97)57-93(125-94)101(102)129-117)131-119(139-111-81(65(9)10)45-35-46-82(111)66(11)12)120(133-105)140-112-83(67(13)14)47-36-48-84(112)68(15)16/h33-76,125,128H,1-32H3. The molecule has 0 unspecified atom stereocenters. The molecular weight excluding hydrogens is 1790 g/mol. The van der Waals surface area contributed by atoms with Crippen LogP contribution in [0, 0.1) is 0 Å². The molecule has 20 heteroatoms. The minimum absolute atomic E-state index is 0.0229. The molecule has 2 aliphatic rings. The van der Waals surface area contributed by atoms with Crippen LogP contribution in [0.4, 0.5) is 0 Å². The summed E-state index contributed by atoms with van der Waals surface area (Å²) in [5.74, 6) is 6.59. The Labute approximate surface area is 850 Å². The monoisotopic (exact) mass is 1930 g/mol. The van der Waals surface area contributed by atoms with Gasteiger partial charge in [-0.15, -0.1) is 0 Å². The fourth-order valence-electron chi connectivity index (χ4n) is 19.6. The number of aromatic nitrogens is 12. The predicted molar refractivity (Wildman–Crippen MR) is 585 cm³/mol. The van der Waals surface area contributed by atoms with E-state index in [-0.39, 0.29) is 142 Å². The first-order chi connectivity index (χ1) is 68.6. The molecule has 0 fully saturated rings. The summed E-state index contributed by atoms with van der Waals surface area (Å²) < 4.78 is 60.9. The minimum Gasteiger partial charge on any atom is -0.434 e. The third kappa shape index (κ3) is 20.0. The fraction of sp³-hybridized carbons (Fsp3) is 0.387. The topological polar surface area (TPSA) is 234 Å². The maximum absolute atomic E-state index is 7.62. The Hall–Kier alpha value is -13.9. The van der Waals surface area contributed by atoms with Crippen LogP contribution >= 0.6 is 0 Å². The van der Waals surface area contributed by atoms with Crippen molar-refractivity contribution < 1.29 is 37.9 Å². The van der Waals surface area contributed by atoms with Crippen LogP contribution < -0.4 is 37.9 Å². The number of hydrogen-bond acceptors (Lipinski definition) is 18. The van der Waals surface area contributed by atoms with Crippen molar-refractivity contribution in [3.8, 4) is 139 Å². The van der Waals surface area contributed by atoms with E-state index in [9.17, 15) is 0 Å². The molecule has 0 atom stereocenters. The fourth-order valence-corrected chi connectivity index (χ4v) is 19.6. The Morgan fingerprint density at radius 2 is 0.264 bits per heavy atom. The summed E-state index contributed by atoms with van der Waals surface area (Å²) in [5, 5.41) is 0. The number of ether oxygens (including phenoxy) is 8. The van der Waals surface area contributed by atoms with Gasteiger partial charge in [-0.25, -0.2) is 49.8 Å². The summed E-state index contributed by atoms with van der Waals surface area (Å²) in [6.07, 6.45) is 0. The summed E-state index contributed by atoms with van der Waals surface area (Å²) in [6.45, 7) is 69.8. The van der Waals surface area contributed by atoms with Crippen LogP contribution in [0.25, 0.3) is 89.7 Å². The van der Waals surface area contributed by atoms with Crippen molar-refractivity contribution in [3.05, 3.63) is 259 Å². The van der Waals surface area contributed by atoms with Gasteiger partial charge in [0.2, 0.25) is 0 Å². The first-order valence-corrected chi connectivity index (χ1v) is 52.1. The normalized spacial score (nSPS) is 12.3. The van der Waals surface area contributed by atoms with Crippen LogP contribution in [-0.2, 0) is 0 Å². The first kappa shape index (κ1) is 102. The van der Waals surface area contributed by atoms with E-state index in [4.69, 9.17) is 87.7 Å². The van der Waals surface area contributed by atoms with Crippen LogP contribution in [0.3, 0.4) is 0 Å².